The van der Waals surface area contributed by atoms with Gasteiger partial charge in [-0.1, -0.05) is 0 Å². The second kappa shape index (κ2) is 4.85. The van der Waals surface area contributed by atoms with Gasteiger partial charge < -0.3 is 5.73 Å². The molecule has 0 saturated carbocycles. The molecule has 0 aliphatic carbocycles. The van der Waals surface area contributed by atoms with Crippen molar-refractivity contribution < 1.29 is 0 Å². The van der Waals surface area contributed by atoms with Gasteiger partial charge >= 0.3 is 0 Å². The first-order valence-corrected chi connectivity index (χ1v) is 5.98. The summed E-state index contributed by atoms with van der Waals surface area (Å²) in [6, 6.07) is 0.134. The summed E-state index contributed by atoms with van der Waals surface area (Å²) in [5.74, 6) is 0.662. The third-order valence-electron chi connectivity index (χ3n) is 2.90. The molecule has 0 aromatic carbocycles. The van der Waals surface area contributed by atoms with Gasteiger partial charge in [0.1, 0.15) is 6.54 Å². The average molecular weight is 249 g/mol. The lowest BCUT2D eigenvalue weighted by atomic mass is 10.1. The van der Waals surface area contributed by atoms with Crippen LogP contribution in [0.3, 0.4) is 0 Å². The Bertz CT molecular complexity index is 538. The van der Waals surface area contributed by atoms with Crippen LogP contribution in [0.2, 0.25) is 0 Å². The molecule has 2 rings (SSSR count). The minimum atomic E-state index is 0.134. The molecule has 98 valence electrons. The number of tetrazole rings is 1. The van der Waals surface area contributed by atoms with Crippen molar-refractivity contribution in [1.29, 1.82) is 0 Å². The molecular formula is C11H19N7. The van der Waals surface area contributed by atoms with Crippen LogP contribution in [0.25, 0.3) is 0 Å². The summed E-state index contributed by atoms with van der Waals surface area (Å²) in [5.41, 5.74) is 9.21. The number of hydrogen-bond acceptors (Lipinski definition) is 5. The van der Waals surface area contributed by atoms with Crippen LogP contribution in [0, 0.1) is 13.8 Å². The van der Waals surface area contributed by atoms with Gasteiger partial charge in [-0.2, -0.15) is 9.90 Å². The molecule has 2 heterocycles. The van der Waals surface area contributed by atoms with E-state index in [1.165, 1.54) is 10.4 Å². The Kier molecular flexibility index (Phi) is 3.42. The van der Waals surface area contributed by atoms with Gasteiger partial charge in [0.2, 0.25) is 0 Å². The van der Waals surface area contributed by atoms with Crippen molar-refractivity contribution in [1.82, 2.24) is 30.0 Å². The summed E-state index contributed by atoms with van der Waals surface area (Å²) in [5, 5.41) is 16.5. The van der Waals surface area contributed by atoms with Crippen LogP contribution in [-0.4, -0.2) is 36.0 Å². The highest BCUT2D eigenvalue weighted by Gasteiger charge is 2.14. The zero-order chi connectivity index (χ0) is 13.3. The van der Waals surface area contributed by atoms with E-state index in [4.69, 9.17) is 5.73 Å². The average Bonchev–Trinajstić information content (AvgIpc) is 2.78. The molecule has 7 nitrogen and oxygen atoms in total. The third-order valence-corrected chi connectivity index (χ3v) is 2.90. The van der Waals surface area contributed by atoms with E-state index < -0.39 is 0 Å². The zero-order valence-corrected chi connectivity index (χ0v) is 11.3. The largest absolute Gasteiger partial charge is 0.328 e. The first-order valence-electron chi connectivity index (χ1n) is 5.98. The van der Waals surface area contributed by atoms with Gasteiger partial charge in [-0.25, -0.2) is 0 Å². The topological polar surface area (TPSA) is 87.4 Å². The molecule has 1 unspecified atom stereocenters. The maximum Gasteiger partial charge on any atom is 0.196 e. The van der Waals surface area contributed by atoms with Gasteiger partial charge in [0.15, 0.2) is 5.82 Å². The monoisotopic (exact) mass is 249 g/mol. The van der Waals surface area contributed by atoms with Crippen LogP contribution in [0.15, 0.2) is 0 Å². The van der Waals surface area contributed by atoms with Crippen LogP contribution >= 0.6 is 0 Å². The lowest BCUT2D eigenvalue weighted by molar-refractivity contribution is 0.609. The summed E-state index contributed by atoms with van der Waals surface area (Å²) in [7, 11) is 1.75. The van der Waals surface area contributed by atoms with Crippen LogP contribution in [0.1, 0.15) is 29.7 Å². The SMILES string of the molecule is Cc1nn(Cc2nnn(C)n2)c(C)c1CC(C)N. The maximum absolute atomic E-state index is 5.85. The van der Waals surface area contributed by atoms with Crippen molar-refractivity contribution in [3.8, 4) is 0 Å². The Hall–Kier alpha value is -1.76. The summed E-state index contributed by atoms with van der Waals surface area (Å²) in [6.45, 7) is 6.60. The van der Waals surface area contributed by atoms with E-state index in [0.29, 0.717) is 12.4 Å². The first-order chi connectivity index (χ1) is 8.47. The van der Waals surface area contributed by atoms with E-state index in [0.717, 1.165) is 17.8 Å². The summed E-state index contributed by atoms with van der Waals surface area (Å²) in [6.07, 6.45) is 0.839. The Balaban J connectivity index is 2.24. The fourth-order valence-electron chi connectivity index (χ4n) is 2.03. The highest BCUT2D eigenvalue weighted by Crippen LogP contribution is 2.15. The summed E-state index contributed by atoms with van der Waals surface area (Å²) >= 11 is 0. The standard InChI is InChI=1S/C11H19N7/c1-7(12)5-10-8(2)14-18(9(10)3)6-11-13-16-17(4)15-11/h7H,5-6,12H2,1-4H3. The molecule has 2 N–H and O–H groups in total. The molecule has 0 aliphatic heterocycles. The van der Waals surface area contributed by atoms with Crippen LogP contribution < -0.4 is 5.73 Å². The Morgan fingerprint density at radius 3 is 2.56 bits per heavy atom. The van der Waals surface area contributed by atoms with Gasteiger partial charge in [-0.15, -0.1) is 10.2 Å². The predicted octanol–water partition coefficient (Wildman–Crippen LogP) is -0.0386. The normalized spacial score (nSPS) is 12.9. The molecular weight excluding hydrogens is 230 g/mol. The van der Waals surface area contributed by atoms with E-state index in [9.17, 15) is 0 Å². The van der Waals surface area contributed by atoms with Gasteiger partial charge in [0.05, 0.1) is 12.7 Å². The van der Waals surface area contributed by atoms with Gasteiger partial charge in [0.25, 0.3) is 0 Å². The smallest absolute Gasteiger partial charge is 0.196 e. The fraction of sp³-hybridized carbons (Fsp3) is 0.636. The van der Waals surface area contributed by atoms with Crippen molar-refractivity contribution in [3.05, 3.63) is 22.8 Å². The minimum absolute atomic E-state index is 0.134. The van der Waals surface area contributed by atoms with Gasteiger partial charge in [-0.3, -0.25) is 4.68 Å². The molecule has 2 aromatic rings. The zero-order valence-electron chi connectivity index (χ0n) is 11.3. The van der Waals surface area contributed by atoms with E-state index >= 15 is 0 Å². The van der Waals surface area contributed by atoms with Crippen molar-refractivity contribution in [2.24, 2.45) is 12.8 Å². The quantitative estimate of drug-likeness (QED) is 0.821. The molecule has 0 aliphatic rings. The van der Waals surface area contributed by atoms with Gasteiger partial charge in [-0.05, 0) is 38.0 Å². The Morgan fingerprint density at radius 1 is 1.28 bits per heavy atom. The van der Waals surface area contributed by atoms with Crippen molar-refractivity contribution in [2.75, 3.05) is 0 Å². The number of aromatic nitrogens is 6. The molecule has 1 atom stereocenters. The van der Waals surface area contributed by atoms with E-state index in [-0.39, 0.29) is 6.04 Å². The molecule has 0 spiro atoms. The molecule has 0 saturated heterocycles. The highest BCUT2D eigenvalue weighted by atomic mass is 15.6. The molecule has 0 bridgehead atoms. The molecule has 0 radical (unpaired) electrons. The molecule has 7 heteroatoms. The highest BCUT2D eigenvalue weighted by molar-refractivity contribution is 5.25. The number of aryl methyl sites for hydroxylation is 2. The number of hydrogen-bond donors (Lipinski definition) is 1. The molecule has 0 fully saturated rings. The van der Waals surface area contributed by atoms with E-state index in [1.807, 2.05) is 25.5 Å². The number of rotatable bonds is 4. The first kappa shape index (κ1) is 12.7. The minimum Gasteiger partial charge on any atom is -0.328 e. The van der Waals surface area contributed by atoms with Crippen molar-refractivity contribution in [2.45, 2.75) is 39.8 Å². The summed E-state index contributed by atoms with van der Waals surface area (Å²) < 4.78 is 1.91. The van der Waals surface area contributed by atoms with E-state index in [2.05, 4.69) is 20.5 Å². The third kappa shape index (κ3) is 2.56. The lowest BCUT2D eigenvalue weighted by Crippen LogP contribution is -2.18. The Labute approximate surface area is 106 Å². The maximum atomic E-state index is 5.85. The van der Waals surface area contributed by atoms with Crippen LogP contribution in [0.4, 0.5) is 0 Å². The van der Waals surface area contributed by atoms with E-state index in [1.54, 1.807) is 7.05 Å². The van der Waals surface area contributed by atoms with Crippen molar-refractivity contribution in [3.63, 3.8) is 0 Å². The Morgan fingerprint density at radius 2 is 2.00 bits per heavy atom. The second-order valence-corrected chi connectivity index (χ2v) is 4.68. The van der Waals surface area contributed by atoms with Gasteiger partial charge in [0, 0.05) is 11.7 Å². The number of nitrogens with zero attached hydrogens (tertiary/aromatic N) is 6. The number of nitrogens with two attached hydrogens (primary N) is 1. The molecule has 0 amide bonds. The molecule has 2 aromatic heterocycles. The van der Waals surface area contributed by atoms with Crippen LogP contribution in [-0.2, 0) is 20.0 Å². The second-order valence-electron chi connectivity index (χ2n) is 4.68. The van der Waals surface area contributed by atoms with Crippen LogP contribution in [0.5, 0.6) is 0 Å². The lowest BCUT2D eigenvalue weighted by Gasteiger charge is -2.06. The summed E-state index contributed by atoms with van der Waals surface area (Å²) in [4.78, 5) is 1.45. The predicted molar refractivity (Wildman–Crippen MR) is 67.0 cm³/mol. The fourth-order valence-corrected chi connectivity index (χ4v) is 2.03. The molecule has 18 heavy (non-hydrogen) atoms. The van der Waals surface area contributed by atoms with Crippen molar-refractivity contribution >= 4 is 0 Å².